The number of rotatable bonds is 7. The molecule has 10 aromatic carbocycles. The molecule has 0 amide bonds. The second-order valence-corrected chi connectivity index (χ2v) is 17.6. The summed E-state index contributed by atoms with van der Waals surface area (Å²) in [7, 11) is 0. The van der Waals surface area contributed by atoms with Gasteiger partial charge >= 0.3 is 0 Å². The van der Waals surface area contributed by atoms with Crippen molar-refractivity contribution in [2.45, 2.75) is 0 Å². The van der Waals surface area contributed by atoms with Gasteiger partial charge in [0, 0.05) is 49.0 Å². The summed E-state index contributed by atoms with van der Waals surface area (Å²) in [5.41, 5.74) is 14.9. The van der Waals surface area contributed by atoms with E-state index in [0.29, 0.717) is 17.5 Å². The Morgan fingerprint density at radius 2 is 0.609 bits per heavy atom. The maximum atomic E-state index is 5.37. The van der Waals surface area contributed by atoms with Crippen LogP contribution in [0.3, 0.4) is 0 Å². The fraction of sp³-hybridized carbons (Fsp3) is 0. The molecule has 0 bridgehead atoms. The van der Waals surface area contributed by atoms with Crippen molar-refractivity contribution in [3.63, 3.8) is 0 Å². The average Bonchev–Trinajstić information content (AvgIpc) is 4.07. The molecule has 4 heterocycles. The van der Waals surface area contributed by atoms with Gasteiger partial charge in [-0.1, -0.05) is 188 Å². The molecule has 6 nitrogen and oxygen atoms in total. The Hall–Kier alpha value is -9.39. The maximum Gasteiger partial charge on any atom is 0.166 e. The van der Waals surface area contributed by atoms with Gasteiger partial charge in [-0.05, 0) is 65.7 Å². The van der Waals surface area contributed by atoms with E-state index in [2.05, 4.69) is 232 Å². The number of hydrogen-bond donors (Lipinski definition) is 0. The van der Waals surface area contributed by atoms with E-state index in [1.165, 1.54) is 21.5 Å². The number of fused-ring (bicyclic) bond motifs is 9. The fourth-order valence-corrected chi connectivity index (χ4v) is 10.7. The van der Waals surface area contributed by atoms with E-state index in [1.54, 1.807) is 0 Å². The SMILES string of the molecule is c1ccc(-c2ccc(-c3nc(-c4ccccc4)nc(-c4ccccc4-n4c5cccc(-n6c7ccccc7c7ccccc76)c5c5cccc(-n6c7ccccc7c7ccccc76)c54)n3)cc2)cc1. The van der Waals surface area contributed by atoms with Crippen molar-refractivity contribution in [1.29, 1.82) is 0 Å². The van der Waals surface area contributed by atoms with Crippen molar-refractivity contribution in [2.75, 3.05) is 0 Å². The van der Waals surface area contributed by atoms with E-state index in [9.17, 15) is 0 Å². The van der Waals surface area contributed by atoms with E-state index >= 15 is 0 Å². The molecule has 322 valence electrons. The molecule has 0 aliphatic carbocycles. The normalized spacial score (nSPS) is 11.8. The van der Waals surface area contributed by atoms with E-state index in [4.69, 9.17) is 15.0 Å². The number of hydrogen-bond acceptors (Lipinski definition) is 3. The Balaban J connectivity index is 1.08. The lowest BCUT2D eigenvalue weighted by Gasteiger charge is -2.17. The third-order valence-electron chi connectivity index (χ3n) is 13.7. The Labute approximate surface area is 397 Å². The molecule has 4 aromatic heterocycles. The molecule has 0 saturated heterocycles. The van der Waals surface area contributed by atoms with Gasteiger partial charge in [-0.25, -0.2) is 15.0 Å². The van der Waals surface area contributed by atoms with Gasteiger partial charge in [0.05, 0.1) is 50.2 Å². The largest absolute Gasteiger partial charge is 0.309 e. The van der Waals surface area contributed by atoms with Gasteiger partial charge in [0.25, 0.3) is 0 Å². The molecule has 14 rings (SSSR count). The molecular formula is C63H40N6. The lowest BCUT2D eigenvalue weighted by molar-refractivity contribution is 1.06. The van der Waals surface area contributed by atoms with E-state index in [0.717, 1.165) is 88.8 Å². The monoisotopic (exact) mass is 880 g/mol. The molecule has 0 radical (unpaired) electrons. The summed E-state index contributed by atoms with van der Waals surface area (Å²) >= 11 is 0. The molecule has 0 aliphatic heterocycles. The molecule has 69 heavy (non-hydrogen) atoms. The van der Waals surface area contributed by atoms with Crippen LogP contribution >= 0.6 is 0 Å². The zero-order chi connectivity index (χ0) is 45.4. The van der Waals surface area contributed by atoms with Crippen LogP contribution in [0.1, 0.15) is 0 Å². The Bertz CT molecular complexity index is 4190. The number of benzene rings is 10. The van der Waals surface area contributed by atoms with Crippen molar-refractivity contribution in [2.24, 2.45) is 0 Å². The Morgan fingerprint density at radius 3 is 1.20 bits per heavy atom. The van der Waals surface area contributed by atoms with E-state index in [1.807, 2.05) is 24.3 Å². The van der Waals surface area contributed by atoms with Gasteiger partial charge in [-0.3, -0.25) is 0 Å². The average molecular weight is 881 g/mol. The highest BCUT2D eigenvalue weighted by Crippen LogP contribution is 2.44. The molecule has 0 N–H and O–H groups in total. The number of para-hydroxylation sites is 6. The molecular weight excluding hydrogens is 841 g/mol. The van der Waals surface area contributed by atoms with Crippen molar-refractivity contribution >= 4 is 65.4 Å². The first-order valence-electron chi connectivity index (χ1n) is 23.4. The van der Waals surface area contributed by atoms with Gasteiger partial charge in [-0.15, -0.1) is 0 Å². The molecule has 0 spiro atoms. The second kappa shape index (κ2) is 15.6. The van der Waals surface area contributed by atoms with Gasteiger partial charge in [0.2, 0.25) is 0 Å². The van der Waals surface area contributed by atoms with Gasteiger partial charge < -0.3 is 13.7 Å². The van der Waals surface area contributed by atoms with Crippen LogP contribution in [0, 0.1) is 0 Å². The second-order valence-electron chi connectivity index (χ2n) is 17.6. The lowest BCUT2D eigenvalue weighted by Crippen LogP contribution is -2.05. The minimum Gasteiger partial charge on any atom is -0.309 e. The summed E-state index contributed by atoms with van der Waals surface area (Å²) in [6.45, 7) is 0. The van der Waals surface area contributed by atoms with Gasteiger partial charge in [0.15, 0.2) is 17.5 Å². The highest BCUT2D eigenvalue weighted by molar-refractivity contribution is 6.19. The van der Waals surface area contributed by atoms with Crippen molar-refractivity contribution < 1.29 is 0 Å². The quantitative estimate of drug-likeness (QED) is 0.160. The summed E-state index contributed by atoms with van der Waals surface area (Å²) < 4.78 is 7.35. The molecule has 0 unspecified atom stereocenters. The Kier molecular flexibility index (Phi) is 8.79. The van der Waals surface area contributed by atoms with Crippen molar-refractivity contribution in [3.05, 3.63) is 243 Å². The summed E-state index contributed by atoms with van der Waals surface area (Å²) in [6, 6.07) is 86.3. The van der Waals surface area contributed by atoms with Gasteiger partial charge in [-0.2, -0.15) is 0 Å². The smallest absolute Gasteiger partial charge is 0.166 e. The third-order valence-corrected chi connectivity index (χ3v) is 13.7. The molecule has 14 aromatic rings. The van der Waals surface area contributed by atoms with Crippen LogP contribution in [0.4, 0.5) is 0 Å². The molecule has 0 saturated carbocycles. The van der Waals surface area contributed by atoms with Crippen LogP contribution in [-0.2, 0) is 0 Å². The van der Waals surface area contributed by atoms with E-state index < -0.39 is 0 Å². The summed E-state index contributed by atoms with van der Waals surface area (Å²) in [6.07, 6.45) is 0. The Morgan fingerprint density at radius 1 is 0.232 bits per heavy atom. The van der Waals surface area contributed by atoms with Crippen molar-refractivity contribution in [1.82, 2.24) is 28.7 Å². The van der Waals surface area contributed by atoms with Crippen LogP contribution in [0.25, 0.3) is 128 Å². The zero-order valence-corrected chi connectivity index (χ0v) is 37.3. The highest BCUT2D eigenvalue weighted by Gasteiger charge is 2.25. The number of nitrogens with zero attached hydrogens (tertiary/aromatic N) is 6. The fourth-order valence-electron chi connectivity index (χ4n) is 10.7. The van der Waals surface area contributed by atoms with Crippen LogP contribution in [0.2, 0.25) is 0 Å². The molecule has 0 fully saturated rings. The first-order valence-corrected chi connectivity index (χ1v) is 23.4. The van der Waals surface area contributed by atoms with Crippen LogP contribution < -0.4 is 0 Å². The maximum absolute atomic E-state index is 5.37. The minimum absolute atomic E-state index is 0.587. The summed E-state index contributed by atoms with van der Waals surface area (Å²) in [5.74, 6) is 1.80. The highest BCUT2D eigenvalue weighted by atomic mass is 15.1. The van der Waals surface area contributed by atoms with Crippen LogP contribution in [0.5, 0.6) is 0 Å². The summed E-state index contributed by atoms with van der Waals surface area (Å²) in [5, 5.41) is 7.15. The topological polar surface area (TPSA) is 53.5 Å². The third kappa shape index (κ3) is 6.09. The predicted octanol–water partition coefficient (Wildman–Crippen LogP) is 15.8. The first kappa shape index (κ1) is 38.8. The van der Waals surface area contributed by atoms with Crippen LogP contribution in [0.15, 0.2) is 243 Å². The number of aromatic nitrogens is 6. The summed E-state index contributed by atoms with van der Waals surface area (Å²) in [4.78, 5) is 15.9. The molecule has 0 atom stereocenters. The van der Waals surface area contributed by atoms with Gasteiger partial charge in [0.1, 0.15) is 0 Å². The first-order chi connectivity index (χ1) is 34.3. The molecule has 6 heteroatoms. The van der Waals surface area contributed by atoms with Crippen molar-refractivity contribution in [3.8, 4) is 62.4 Å². The van der Waals surface area contributed by atoms with E-state index in [-0.39, 0.29) is 0 Å². The predicted molar refractivity (Wildman–Crippen MR) is 285 cm³/mol. The minimum atomic E-state index is 0.587. The lowest BCUT2D eigenvalue weighted by atomic mass is 10.0. The zero-order valence-electron chi connectivity index (χ0n) is 37.3. The standard InChI is InChI=1S/C63H40N6/c1-3-19-41(20-4-1)42-37-39-44(40-38-42)62-64-61(43-21-5-2-6-22-43)65-63(66-62)49-27-11-16-33-55(49)69-57-35-18-34-56(67-51-29-12-7-23-45(51)46-24-8-13-30-52(46)67)59(57)50-28-17-36-58(60(50)69)68-53-31-14-9-25-47(53)48-26-10-15-32-54(48)68/h1-40H. The molecule has 0 aliphatic rings. The van der Waals surface area contributed by atoms with Crippen LogP contribution in [-0.4, -0.2) is 28.7 Å².